The van der Waals surface area contributed by atoms with Crippen molar-refractivity contribution in [3.8, 4) is 11.5 Å². The molecule has 0 saturated heterocycles. The van der Waals surface area contributed by atoms with Crippen molar-refractivity contribution in [1.82, 2.24) is 0 Å². The van der Waals surface area contributed by atoms with E-state index in [2.05, 4.69) is 9.47 Å². The van der Waals surface area contributed by atoms with Crippen LogP contribution in [0.25, 0.3) is 0 Å². The van der Waals surface area contributed by atoms with E-state index in [1.54, 1.807) is 24.3 Å². The van der Waals surface area contributed by atoms with Gasteiger partial charge in [-0.2, -0.15) is 0 Å². The van der Waals surface area contributed by atoms with Gasteiger partial charge in [0.2, 0.25) is 0 Å². The third-order valence-electron chi connectivity index (χ3n) is 2.74. The second-order valence-corrected chi connectivity index (χ2v) is 4.79. The van der Waals surface area contributed by atoms with Crippen LogP contribution in [0.15, 0.2) is 48.5 Å². The number of ether oxygens (including phenoxy) is 2. The van der Waals surface area contributed by atoms with Crippen LogP contribution in [0.5, 0.6) is 11.5 Å². The van der Waals surface area contributed by atoms with Crippen molar-refractivity contribution < 1.29 is 38.9 Å². The van der Waals surface area contributed by atoms with E-state index in [1.807, 2.05) is 0 Å². The Hall–Kier alpha value is -3.68. The third kappa shape index (κ3) is 6.44. The van der Waals surface area contributed by atoms with Gasteiger partial charge in [-0.1, -0.05) is 24.3 Å². The minimum absolute atomic E-state index is 0.0160. The summed E-state index contributed by atoms with van der Waals surface area (Å²) in [6, 6.07) is 12.0. The summed E-state index contributed by atoms with van der Waals surface area (Å²) in [5.41, 5.74) is -0.0320. The van der Waals surface area contributed by atoms with E-state index in [0.29, 0.717) is 0 Å². The zero-order chi connectivity index (χ0) is 19.7. The highest BCUT2D eigenvalue weighted by atomic mass is 16.5. The van der Waals surface area contributed by atoms with Crippen LogP contribution in [0.4, 0.5) is 0 Å². The number of carbonyl (C=O) groups excluding carboxylic acids is 2. The number of carboxylic acids is 2. The van der Waals surface area contributed by atoms with Crippen LogP contribution in [0.1, 0.15) is 34.6 Å². The molecule has 8 heteroatoms. The summed E-state index contributed by atoms with van der Waals surface area (Å²) in [4.78, 5) is 42.4. The highest BCUT2D eigenvalue weighted by molar-refractivity contribution is 5.92. The summed E-state index contributed by atoms with van der Waals surface area (Å²) in [5, 5.41) is 17.4. The van der Waals surface area contributed by atoms with Gasteiger partial charge in [0.25, 0.3) is 0 Å². The Bertz CT molecular complexity index is 756. The number of carbonyl (C=O) groups is 4. The monoisotopic (exact) mass is 360 g/mol. The van der Waals surface area contributed by atoms with Crippen molar-refractivity contribution >= 4 is 23.9 Å². The summed E-state index contributed by atoms with van der Waals surface area (Å²) in [6.45, 7) is 2.44. The molecular weight excluding hydrogens is 344 g/mol. The van der Waals surface area contributed by atoms with Crippen LogP contribution in [-0.2, 0) is 9.59 Å². The fourth-order valence-electron chi connectivity index (χ4n) is 1.77. The largest absolute Gasteiger partial charge is 0.478 e. The maximum absolute atomic E-state index is 10.6. The van der Waals surface area contributed by atoms with Crippen molar-refractivity contribution in [3.05, 3.63) is 59.7 Å². The molecule has 26 heavy (non-hydrogen) atoms. The topological polar surface area (TPSA) is 127 Å². The Morgan fingerprint density at radius 3 is 1.23 bits per heavy atom. The average molecular weight is 360 g/mol. The molecule has 0 heterocycles. The van der Waals surface area contributed by atoms with Gasteiger partial charge in [0.05, 0.1) is 0 Å². The van der Waals surface area contributed by atoms with E-state index in [4.69, 9.17) is 10.2 Å². The predicted molar refractivity (Wildman–Crippen MR) is 89.4 cm³/mol. The Kier molecular flexibility index (Phi) is 7.50. The van der Waals surface area contributed by atoms with Gasteiger partial charge in [0, 0.05) is 13.8 Å². The molecule has 8 nitrogen and oxygen atoms in total. The average Bonchev–Trinajstić information content (AvgIpc) is 2.55. The molecule has 2 aromatic carbocycles. The Morgan fingerprint density at radius 1 is 0.654 bits per heavy atom. The molecule has 0 unspecified atom stereocenters. The molecule has 0 spiro atoms. The molecule has 0 bridgehead atoms. The number of esters is 2. The smallest absolute Gasteiger partial charge is 0.339 e. The maximum atomic E-state index is 10.6. The molecule has 2 N–H and O–H groups in total. The predicted octanol–water partition coefficient (Wildman–Crippen LogP) is 2.62. The van der Waals surface area contributed by atoms with Gasteiger partial charge in [-0.3, -0.25) is 9.59 Å². The first-order valence-corrected chi connectivity index (χ1v) is 7.23. The molecule has 0 fully saturated rings. The van der Waals surface area contributed by atoms with E-state index in [0.717, 1.165) is 0 Å². The van der Waals surface area contributed by atoms with Crippen molar-refractivity contribution in [1.29, 1.82) is 0 Å². The summed E-state index contributed by atoms with van der Waals surface area (Å²) in [6.07, 6.45) is 0. The lowest BCUT2D eigenvalue weighted by atomic mass is 10.2. The molecule has 0 aromatic heterocycles. The van der Waals surface area contributed by atoms with Crippen molar-refractivity contribution in [3.63, 3.8) is 0 Å². The van der Waals surface area contributed by atoms with Crippen LogP contribution in [0.2, 0.25) is 0 Å². The van der Waals surface area contributed by atoms with Gasteiger partial charge in [0.1, 0.15) is 22.6 Å². The summed E-state index contributed by atoms with van der Waals surface area (Å²) in [5.74, 6) is -3.15. The molecule has 0 aliphatic heterocycles. The summed E-state index contributed by atoms with van der Waals surface area (Å²) < 4.78 is 9.37. The van der Waals surface area contributed by atoms with Gasteiger partial charge in [0.15, 0.2) is 0 Å². The maximum Gasteiger partial charge on any atom is 0.339 e. The minimum atomic E-state index is -1.11. The van der Waals surface area contributed by atoms with Crippen LogP contribution in [0, 0.1) is 0 Å². The third-order valence-corrected chi connectivity index (χ3v) is 2.74. The quantitative estimate of drug-likeness (QED) is 0.629. The minimum Gasteiger partial charge on any atom is -0.478 e. The highest BCUT2D eigenvalue weighted by Crippen LogP contribution is 2.18. The van der Waals surface area contributed by atoms with Gasteiger partial charge in [-0.05, 0) is 24.3 Å². The molecular formula is C18H16O8. The van der Waals surface area contributed by atoms with Crippen molar-refractivity contribution in [2.45, 2.75) is 13.8 Å². The molecule has 0 aliphatic rings. The molecule has 136 valence electrons. The molecule has 2 rings (SSSR count). The standard InChI is InChI=1S/2C9H8O4/c2*1-6(10)13-8-5-3-2-4-7(8)9(11)12/h2*2-5H,1H3,(H,11,12). The summed E-state index contributed by atoms with van der Waals surface area (Å²) >= 11 is 0. The fourth-order valence-corrected chi connectivity index (χ4v) is 1.77. The van der Waals surface area contributed by atoms with Crippen LogP contribution < -0.4 is 9.47 Å². The fraction of sp³-hybridized carbons (Fsp3) is 0.111. The number of hydrogen-bond donors (Lipinski definition) is 2. The lowest BCUT2D eigenvalue weighted by molar-refractivity contribution is -0.132. The lowest BCUT2D eigenvalue weighted by Gasteiger charge is -2.03. The zero-order valence-electron chi connectivity index (χ0n) is 14.0. The van der Waals surface area contributed by atoms with E-state index in [9.17, 15) is 19.2 Å². The van der Waals surface area contributed by atoms with Gasteiger partial charge in [-0.15, -0.1) is 0 Å². The Balaban J connectivity index is 0.000000260. The second kappa shape index (κ2) is 9.58. The summed E-state index contributed by atoms with van der Waals surface area (Å²) in [7, 11) is 0. The van der Waals surface area contributed by atoms with E-state index in [1.165, 1.54) is 38.1 Å². The Labute approximate surface area is 148 Å². The number of benzene rings is 2. The van der Waals surface area contributed by atoms with Crippen LogP contribution in [-0.4, -0.2) is 34.1 Å². The number of rotatable bonds is 4. The van der Waals surface area contributed by atoms with E-state index < -0.39 is 23.9 Å². The SMILES string of the molecule is CC(=O)Oc1ccccc1C(=O)O.CC(=O)Oc1ccccc1C(=O)O. The van der Waals surface area contributed by atoms with Gasteiger partial charge >= 0.3 is 23.9 Å². The van der Waals surface area contributed by atoms with Crippen molar-refractivity contribution in [2.75, 3.05) is 0 Å². The van der Waals surface area contributed by atoms with E-state index >= 15 is 0 Å². The van der Waals surface area contributed by atoms with Gasteiger partial charge in [-0.25, -0.2) is 9.59 Å². The molecule has 0 saturated carbocycles. The van der Waals surface area contributed by atoms with Crippen molar-refractivity contribution in [2.24, 2.45) is 0 Å². The Morgan fingerprint density at radius 2 is 0.962 bits per heavy atom. The van der Waals surface area contributed by atoms with Crippen LogP contribution >= 0.6 is 0 Å². The molecule has 0 atom stereocenters. The molecule has 0 radical (unpaired) electrons. The second-order valence-electron chi connectivity index (χ2n) is 4.79. The normalized spacial score (nSPS) is 9.31. The molecule has 0 aliphatic carbocycles. The number of para-hydroxylation sites is 2. The highest BCUT2D eigenvalue weighted by Gasteiger charge is 2.11. The number of carboxylic acid groups (broad SMARTS) is 2. The number of hydrogen-bond acceptors (Lipinski definition) is 6. The van der Waals surface area contributed by atoms with E-state index in [-0.39, 0.29) is 22.6 Å². The molecule has 2 aromatic rings. The first kappa shape index (κ1) is 20.4. The van der Waals surface area contributed by atoms with Gasteiger partial charge < -0.3 is 19.7 Å². The first-order chi connectivity index (χ1) is 12.2. The molecule has 0 amide bonds. The van der Waals surface area contributed by atoms with Crippen LogP contribution in [0.3, 0.4) is 0 Å². The first-order valence-electron chi connectivity index (χ1n) is 7.23. The zero-order valence-corrected chi connectivity index (χ0v) is 14.0. The lowest BCUT2D eigenvalue weighted by Crippen LogP contribution is -2.06. The number of aromatic carboxylic acids is 2.